The lowest BCUT2D eigenvalue weighted by atomic mass is 10.2. The molecule has 0 aliphatic carbocycles. The summed E-state index contributed by atoms with van der Waals surface area (Å²) in [6, 6.07) is 8.15. The molecule has 0 fully saturated rings. The van der Waals surface area contributed by atoms with E-state index in [1.165, 1.54) is 0 Å². The Hall–Kier alpha value is -1.06. The van der Waals surface area contributed by atoms with Crippen LogP contribution in [0.25, 0.3) is 0 Å². The van der Waals surface area contributed by atoms with E-state index in [9.17, 15) is 0 Å². The molecule has 0 saturated carbocycles. The molecular formula is C16H27NO2. The molecule has 19 heavy (non-hydrogen) atoms. The van der Waals surface area contributed by atoms with Crippen molar-refractivity contribution in [1.82, 2.24) is 5.32 Å². The van der Waals surface area contributed by atoms with E-state index in [1.54, 1.807) is 7.11 Å². The summed E-state index contributed by atoms with van der Waals surface area (Å²) in [5.41, 5.74) is 1.15. The molecule has 1 aromatic carbocycles. The topological polar surface area (TPSA) is 30.5 Å². The summed E-state index contributed by atoms with van der Waals surface area (Å²) < 4.78 is 11.2. The van der Waals surface area contributed by atoms with E-state index in [-0.39, 0.29) is 6.10 Å². The van der Waals surface area contributed by atoms with Crippen LogP contribution in [-0.4, -0.2) is 26.3 Å². The Labute approximate surface area is 117 Å². The fraction of sp³-hybridized carbons (Fsp3) is 0.625. The van der Waals surface area contributed by atoms with E-state index in [0.717, 1.165) is 43.7 Å². The van der Waals surface area contributed by atoms with Gasteiger partial charge in [-0.3, -0.25) is 0 Å². The molecule has 0 spiro atoms. The van der Waals surface area contributed by atoms with E-state index in [2.05, 4.69) is 31.3 Å². The van der Waals surface area contributed by atoms with Crippen molar-refractivity contribution in [3.63, 3.8) is 0 Å². The molecule has 0 heterocycles. The lowest BCUT2D eigenvalue weighted by molar-refractivity contribution is 0.178. The number of benzene rings is 1. The summed E-state index contributed by atoms with van der Waals surface area (Å²) in [5.74, 6) is 0.936. The molecule has 108 valence electrons. The molecule has 0 bridgehead atoms. The zero-order valence-corrected chi connectivity index (χ0v) is 12.4. The van der Waals surface area contributed by atoms with Crippen LogP contribution in [0.4, 0.5) is 0 Å². The number of hydrogen-bond acceptors (Lipinski definition) is 3. The van der Waals surface area contributed by atoms with Gasteiger partial charge in [0.1, 0.15) is 11.9 Å². The van der Waals surface area contributed by atoms with Crippen molar-refractivity contribution in [2.75, 3.05) is 20.2 Å². The fourth-order valence-electron chi connectivity index (χ4n) is 2.03. The van der Waals surface area contributed by atoms with Crippen molar-refractivity contribution >= 4 is 0 Å². The SMILES string of the molecule is CCCNCC(CCC)Oc1cccc(COC)c1. The van der Waals surface area contributed by atoms with Crippen molar-refractivity contribution in [2.24, 2.45) is 0 Å². The third-order valence-electron chi connectivity index (χ3n) is 2.92. The van der Waals surface area contributed by atoms with Crippen molar-refractivity contribution in [3.8, 4) is 5.75 Å². The average molecular weight is 265 g/mol. The van der Waals surface area contributed by atoms with Crippen LogP contribution in [0.5, 0.6) is 5.75 Å². The molecule has 3 heteroatoms. The molecule has 0 aromatic heterocycles. The van der Waals surface area contributed by atoms with E-state index in [0.29, 0.717) is 6.61 Å². The second-order valence-corrected chi connectivity index (χ2v) is 4.81. The van der Waals surface area contributed by atoms with Gasteiger partial charge in [-0.15, -0.1) is 0 Å². The molecule has 1 unspecified atom stereocenters. The van der Waals surface area contributed by atoms with Gasteiger partial charge in [0.2, 0.25) is 0 Å². The molecule has 0 saturated heterocycles. The van der Waals surface area contributed by atoms with Crippen LogP contribution >= 0.6 is 0 Å². The monoisotopic (exact) mass is 265 g/mol. The zero-order chi connectivity index (χ0) is 13.9. The molecule has 1 atom stereocenters. The maximum absolute atomic E-state index is 6.07. The van der Waals surface area contributed by atoms with Crippen molar-refractivity contribution in [2.45, 2.75) is 45.8 Å². The van der Waals surface area contributed by atoms with Crippen LogP contribution in [0, 0.1) is 0 Å². The van der Waals surface area contributed by atoms with E-state index in [4.69, 9.17) is 9.47 Å². The third kappa shape index (κ3) is 6.60. The summed E-state index contributed by atoms with van der Waals surface area (Å²) in [6.07, 6.45) is 3.61. The highest BCUT2D eigenvalue weighted by atomic mass is 16.5. The van der Waals surface area contributed by atoms with Gasteiger partial charge in [-0.1, -0.05) is 32.4 Å². The van der Waals surface area contributed by atoms with Gasteiger partial charge in [-0.05, 0) is 37.1 Å². The summed E-state index contributed by atoms with van der Waals surface area (Å²) in [7, 11) is 1.71. The molecule has 0 aliphatic heterocycles. The molecule has 0 amide bonds. The van der Waals surface area contributed by atoms with Crippen LogP contribution in [0.3, 0.4) is 0 Å². The Morgan fingerprint density at radius 2 is 2.05 bits per heavy atom. The Kier molecular flexibility index (Phi) is 8.26. The fourth-order valence-corrected chi connectivity index (χ4v) is 2.03. The van der Waals surface area contributed by atoms with Gasteiger partial charge in [0.05, 0.1) is 6.61 Å². The lowest BCUT2D eigenvalue weighted by Gasteiger charge is -2.19. The number of methoxy groups -OCH3 is 1. The highest BCUT2D eigenvalue weighted by Crippen LogP contribution is 2.17. The molecule has 0 aliphatic rings. The first kappa shape index (κ1) is 16.0. The second kappa shape index (κ2) is 9.82. The van der Waals surface area contributed by atoms with Gasteiger partial charge in [-0.2, -0.15) is 0 Å². The maximum atomic E-state index is 6.07. The summed E-state index contributed by atoms with van der Waals surface area (Å²) in [4.78, 5) is 0. The van der Waals surface area contributed by atoms with E-state index < -0.39 is 0 Å². The zero-order valence-electron chi connectivity index (χ0n) is 12.4. The number of hydrogen-bond donors (Lipinski definition) is 1. The Morgan fingerprint density at radius 1 is 1.21 bits per heavy atom. The highest BCUT2D eigenvalue weighted by molar-refractivity contribution is 5.28. The highest BCUT2D eigenvalue weighted by Gasteiger charge is 2.09. The molecule has 3 nitrogen and oxygen atoms in total. The molecule has 1 rings (SSSR count). The van der Waals surface area contributed by atoms with Gasteiger partial charge < -0.3 is 14.8 Å². The van der Waals surface area contributed by atoms with E-state index in [1.807, 2.05) is 12.1 Å². The van der Waals surface area contributed by atoms with Crippen LogP contribution in [0.1, 0.15) is 38.7 Å². The van der Waals surface area contributed by atoms with Gasteiger partial charge in [0.25, 0.3) is 0 Å². The Bertz CT molecular complexity index is 341. The van der Waals surface area contributed by atoms with Crippen LogP contribution < -0.4 is 10.1 Å². The quantitative estimate of drug-likeness (QED) is 0.658. The Balaban J connectivity index is 2.54. The van der Waals surface area contributed by atoms with Gasteiger partial charge >= 0.3 is 0 Å². The minimum atomic E-state index is 0.245. The summed E-state index contributed by atoms with van der Waals surface area (Å²) >= 11 is 0. The number of nitrogens with one attached hydrogen (secondary N) is 1. The summed E-state index contributed by atoms with van der Waals surface area (Å²) in [5, 5.41) is 3.43. The Morgan fingerprint density at radius 3 is 2.74 bits per heavy atom. The maximum Gasteiger partial charge on any atom is 0.120 e. The number of ether oxygens (including phenoxy) is 2. The largest absolute Gasteiger partial charge is 0.489 e. The van der Waals surface area contributed by atoms with Crippen LogP contribution in [0.2, 0.25) is 0 Å². The second-order valence-electron chi connectivity index (χ2n) is 4.81. The predicted octanol–water partition coefficient (Wildman–Crippen LogP) is 3.38. The lowest BCUT2D eigenvalue weighted by Crippen LogP contribution is -2.31. The first-order valence-corrected chi connectivity index (χ1v) is 7.25. The standard InChI is InChI=1S/C16H27NO2/c1-4-7-16(12-17-10-5-2)19-15-9-6-8-14(11-15)13-18-3/h6,8-9,11,16-17H,4-5,7,10,12-13H2,1-3H3. The molecule has 1 aromatic rings. The van der Waals surface area contributed by atoms with Crippen molar-refractivity contribution in [3.05, 3.63) is 29.8 Å². The minimum Gasteiger partial charge on any atom is -0.489 e. The first-order valence-electron chi connectivity index (χ1n) is 7.25. The molecule has 0 radical (unpaired) electrons. The van der Waals surface area contributed by atoms with Crippen molar-refractivity contribution in [1.29, 1.82) is 0 Å². The molecule has 1 N–H and O–H groups in total. The minimum absolute atomic E-state index is 0.245. The molecular weight excluding hydrogens is 238 g/mol. The predicted molar refractivity (Wildman–Crippen MR) is 79.6 cm³/mol. The van der Waals surface area contributed by atoms with Crippen LogP contribution in [-0.2, 0) is 11.3 Å². The number of rotatable bonds is 10. The normalized spacial score (nSPS) is 12.4. The third-order valence-corrected chi connectivity index (χ3v) is 2.92. The van der Waals surface area contributed by atoms with Crippen molar-refractivity contribution < 1.29 is 9.47 Å². The van der Waals surface area contributed by atoms with Crippen LogP contribution in [0.15, 0.2) is 24.3 Å². The van der Waals surface area contributed by atoms with Gasteiger partial charge in [0, 0.05) is 13.7 Å². The van der Waals surface area contributed by atoms with E-state index >= 15 is 0 Å². The van der Waals surface area contributed by atoms with Gasteiger partial charge in [-0.25, -0.2) is 0 Å². The average Bonchev–Trinajstić information content (AvgIpc) is 2.40. The first-order chi connectivity index (χ1) is 9.30. The smallest absolute Gasteiger partial charge is 0.120 e. The van der Waals surface area contributed by atoms with Gasteiger partial charge in [0.15, 0.2) is 0 Å². The summed E-state index contributed by atoms with van der Waals surface area (Å²) in [6.45, 7) is 6.96.